The van der Waals surface area contributed by atoms with Gasteiger partial charge in [0.25, 0.3) is 0 Å². The number of rotatable bonds is 4. The van der Waals surface area contributed by atoms with E-state index in [-0.39, 0.29) is 11.7 Å². The Labute approximate surface area is 92.2 Å². The summed E-state index contributed by atoms with van der Waals surface area (Å²) < 4.78 is 36.3. The highest BCUT2D eigenvalue weighted by Gasteiger charge is 2.44. The van der Waals surface area contributed by atoms with Crippen LogP contribution >= 0.6 is 0 Å². The molecule has 0 spiro atoms. The predicted molar refractivity (Wildman–Crippen MR) is 60.4 cm³/mol. The third-order valence-electron chi connectivity index (χ3n) is 3.22. The minimum atomic E-state index is -3.27. The van der Waals surface area contributed by atoms with Crippen LogP contribution in [-0.2, 0) is 9.84 Å². The van der Waals surface area contributed by atoms with Crippen LogP contribution in [0.2, 0.25) is 0 Å². The highest BCUT2D eigenvalue weighted by Crippen LogP contribution is 2.36. The van der Waals surface area contributed by atoms with Gasteiger partial charge in [0.05, 0.1) is 5.75 Å². The molecule has 4 heteroatoms. The lowest BCUT2D eigenvalue weighted by Gasteiger charge is -2.34. The molecule has 1 fully saturated rings. The van der Waals surface area contributed by atoms with Crippen molar-refractivity contribution in [2.75, 3.05) is 12.4 Å². The molecule has 0 heterocycles. The van der Waals surface area contributed by atoms with Gasteiger partial charge in [0, 0.05) is 0 Å². The van der Waals surface area contributed by atoms with Crippen LogP contribution in [0, 0.1) is 5.92 Å². The Kier molecular flexibility index (Phi) is 4.15. The molecule has 1 rings (SSSR count). The highest BCUT2D eigenvalue weighted by atomic mass is 32.2. The Hall–Kier alpha value is -0.120. The van der Waals surface area contributed by atoms with Gasteiger partial charge in [0.15, 0.2) is 9.84 Å². The zero-order valence-corrected chi connectivity index (χ0v) is 10.4. The molecule has 0 radical (unpaired) electrons. The van der Waals surface area contributed by atoms with Crippen LogP contribution in [0.4, 0.5) is 4.39 Å². The van der Waals surface area contributed by atoms with Crippen LogP contribution in [-0.4, -0.2) is 25.6 Å². The molecule has 0 saturated heterocycles. The normalized spacial score (nSPS) is 21.9. The fourth-order valence-corrected chi connectivity index (χ4v) is 4.65. The van der Waals surface area contributed by atoms with Crippen molar-refractivity contribution in [1.82, 2.24) is 0 Å². The van der Waals surface area contributed by atoms with E-state index in [4.69, 9.17) is 0 Å². The zero-order chi connectivity index (χ0) is 11.5. The number of hydrogen-bond donors (Lipinski definition) is 0. The summed E-state index contributed by atoms with van der Waals surface area (Å²) in [4.78, 5) is 0. The summed E-state index contributed by atoms with van der Waals surface area (Å²) in [6.07, 6.45) is 3.76. The van der Waals surface area contributed by atoms with E-state index in [1.165, 1.54) is 0 Å². The second-order valence-corrected chi connectivity index (χ2v) is 7.48. The summed E-state index contributed by atoms with van der Waals surface area (Å²) in [5, 5.41) is 0. The van der Waals surface area contributed by atoms with Gasteiger partial charge in [-0.2, -0.15) is 0 Å². The number of sulfone groups is 1. The lowest BCUT2D eigenvalue weighted by Crippen LogP contribution is -2.45. The van der Waals surface area contributed by atoms with Crippen molar-refractivity contribution in [1.29, 1.82) is 0 Å². The lowest BCUT2D eigenvalue weighted by atomic mass is 9.89. The van der Waals surface area contributed by atoms with Crippen LogP contribution in [0.3, 0.4) is 0 Å². The molecule has 0 aliphatic heterocycles. The molecule has 15 heavy (non-hydrogen) atoms. The van der Waals surface area contributed by atoms with Gasteiger partial charge in [-0.15, -0.1) is 0 Å². The topological polar surface area (TPSA) is 34.1 Å². The predicted octanol–water partition coefficient (Wildman–Crippen LogP) is 2.73. The Balaban J connectivity index is 2.88. The molecule has 0 unspecified atom stereocenters. The molecule has 0 N–H and O–H groups in total. The molecule has 0 aromatic heterocycles. The minimum Gasteiger partial charge on any atom is -0.249 e. The van der Waals surface area contributed by atoms with Crippen molar-refractivity contribution in [3.63, 3.8) is 0 Å². The van der Waals surface area contributed by atoms with E-state index in [0.29, 0.717) is 12.8 Å². The summed E-state index contributed by atoms with van der Waals surface area (Å²) in [5.74, 6) is 0.206. The van der Waals surface area contributed by atoms with Crippen molar-refractivity contribution in [3.8, 4) is 0 Å². The Bertz CT molecular complexity index is 290. The van der Waals surface area contributed by atoms with Gasteiger partial charge >= 0.3 is 0 Å². The van der Waals surface area contributed by atoms with Crippen LogP contribution in [0.25, 0.3) is 0 Å². The first kappa shape index (κ1) is 12.9. The van der Waals surface area contributed by atoms with Crippen molar-refractivity contribution in [2.24, 2.45) is 5.92 Å². The quantitative estimate of drug-likeness (QED) is 0.752. The van der Waals surface area contributed by atoms with Crippen molar-refractivity contribution < 1.29 is 12.8 Å². The van der Waals surface area contributed by atoms with Crippen LogP contribution < -0.4 is 0 Å². The monoisotopic (exact) mass is 236 g/mol. The van der Waals surface area contributed by atoms with E-state index < -0.39 is 21.3 Å². The molecule has 0 atom stereocenters. The Morgan fingerprint density at radius 1 is 1.20 bits per heavy atom. The third kappa shape index (κ3) is 2.71. The van der Waals surface area contributed by atoms with Crippen molar-refractivity contribution >= 4 is 9.84 Å². The molecular formula is C11H21FO2S. The second-order valence-electron chi connectivity index (χ2n) is 5.05. The largest absolute Gasteiger partial charge is 0.249 e. The molecule has 0 aromatic rings. The molecule has 1 aliphatic carbocycles. The summed E-state index contributed by atoms with van der Waals surface area (Å²) in [6.45, 7) is 3.03. The average Bonchev–Trinajstić information content (AvgIpc) is 2.16. The van der Waals surface area contributed by atoms with Gasteiger partial charge in [-0.3, -0.25) is 0 Å². The maximum Gasteiger partial charge on any atom is 0.158 e. The maximum atomic E-state index is 13.1. The van der Waals surface area contributed by atoms with Crippen LogP contribution in [0.5, 0.6) is 0 Å². The second kappa shape index (κ2) is 4.81. The van der Waals surface area contributed by atoms with E-state index >= 15 is 0 Å². The van der Waals surface area contributed by atoms with Gasteiger partial charge < -0.3 is 0 Å². The number of halogens is 1. The van der Waals surface area contributed by atoms with Gasteiger partial charge in [0.2, 0.25) is 0 Å². The summed E-state index contributed by atoms with van der Waals surface area (Å²) in [5.41, 5.74) is 0. The number of hydrogen-bond acceptors (Lipinski definition) is 2. The van der Waals surface area contributed by atoms with Gasteiger partial charge in [0.1, 0.15) is 11.4 Å². The summed E-state index contributed by atoms with van der Waals surface area (Å²) in [6, 6.07) is 0. The molecule has 2 nitrogen and oxygen atoms in total. The smallest absolute Gasteiger partial charge is 0.158 e. The molecule has 1 aliphatic rings. The van der Waals surface area contributed by atoms with E-state index in [1.807, 2.05) is 13.8 Å². The SMILES string of the molecule is CC(C)CS(=O)(=O)C1(CF)CCCCC1. The molecule has 0 bridgehead atoms. The van der Waals surface area contributed by atoms with Gasteiger partial charge in [-0.1, -0.05) is 33.1 Å². The lowest BCUT2D eigenvalue weighted by molar-refractivity contribution is 0.297. The number of alkyl halides is 1. The zero-order valence-electron chi connectivity index (χ0n) is 9.63. The van der Waals surface area contributed by atoms with E-state index in [0.717, 1.165) is 19.3 Å². The fourth-order valence-electron chi connectivity index (χ4n) is 2.34. The van der Waals surface area contributed by atoms with E-state index in [9.17, 15) is 12.8 Å². The molecule has 90 valence electrons. The maximum absolute atomic E-state index is 13.1. The fraction of sp³-hybridized carbons (Fsp3) is 1.00. The van der Waals surface area contributed by atoms with E-state index in [2.05, 4.69) is 0 Å². The third-order valence-corrected chi connectivity index (χ3v) is 6.16. The minimum absolute atomic E-state index is 0.0837. The average molecular weight is 236 g/mol. The Morgan fingerprint density at radius 2 is 1.73 bits per heavy atom. The first-order valence-electron chi connectivity index (χ1n) is 5.72. The summed E-state index contributed by atoms with van der Waals surface area (Å²) >= 11 is 0. The van der Waals surface area contributed by atoms with Crippen LogP contribution in [0.15, 0.2) is 0 Å². The molecular weight excluding hydrogens is 215 g/mol. The summed E-state index contributed by atoms with van der Waals surface area (Å²) in [7, 11) is -3.27. The van der Waals surface area contributed by atoms with Crippen molar-refractivity contribution in [2.45, 2.75) is 50.7 Å². The van der Waals surface area contributed by atoms with Crippen molar-refractivity contribution in [3.05, 3.63) is 0 Å². The first-order chi connectivity index (χ1) is 6.93. The van der Waals surface area contributed by atoms with Gasteiger partial charge in [-0.05, 0) is 18.8 Å². The standard InChI is InChI=1S/C11H21FO2S/c1-10(2)8-15(13,14)11(9-12)6-4-3-5-7-11/h10H,3-9H2,1-2H3. The highest BCUT2D eigenvalue weighted by molar-refractivity contribution is 7.92. The van der Waals surface area contributed by atoms with Gasteiger partial charge in [-0.25, -0.2) is 12.8 Å². The molecule has 0 aromatic carbocycles. The molecule has 0 amide bonds. The van der Waals surface area contributed by atoms with Crippen LogP contribution in [0.1, 0.15) is 46.0 Å². The Morgan fingerprint density at radius 3 is 2.13 bits per heavy atom. The van der Waals surface area contributed by atoms with E-state index in [1.54, 1.807) is 0 Å². The molecule has 1 saturated carbocycles. The first-order valence-corrected chi connectivity index (χ1v) is 7.37.